The lowest BCUT2D eigenvalue weighted by Gasteiger charge is -2.25. The summed E-state index contributed by atoms with van der Waals surface area (Å²) in [6, 6.07) is 0.366. The van der Waals surface area contributed by atoms with Crippen molar-refractivity contribution in [2.24, 2.45) is 0 Å². The molecule has 0 saturated carbocycles. The average molecular weight is 220 g/mol. The summed E-state index contributed by atoms with van der Waals surface area (Å²) in [5, 5.41) is 0.441. The van der Waals surface area contributed by atoms with Gasteiger partial charge in [0.2, 0.25) is 5.91 Å². The number of rotatable bonds is 1. The lowest BCUT2D eigenvalue weighted by Crippen LogP contribution is -2.41. The first kappa shape index (κ1) is 7.55. The van der Waals surface area contributed by atoms with Gasteiger partial charge in [-0.25, -0.2) is 0 Å². The first-order chi connectivity index (χ1) is 5.31. The van der Waals surface area contributed by atoms with Crippen molar-refractivity contribution in [3.63, 3.8) is 0 Å². The number of hydrogen-bond donors (Lipinski definition) is 0. The maximum atomic E-state index is 11.2. The van der Waals surface area contributed by atoms with E-state index in [0.717, 1.165) is 19.6 Å². The molecule has 2 aliphatic heterocycles. The van der Waals surface area contributed by atoms with Gasteiger partial charge >= 0.3 is 0 Å². The molecule has 3 nitrogen and oxygen atoms in total. The minimum Gasteiger partial charge on any atom is -0.374 e. The maximum Gasteiger partial charge on any atom is 0.233 e. The average Bonchev–Trinajstić information content (AvgIpc) is 2.62. The van der Waals surface area contributed by atoms with Crippen LogP contribution in [0.25, 0.3) is 0 Å². The molecular weight excluding hydrogens is 210 g/mol. The van der Waals surface area contributed by atoms with E-state index in [4.69, 9.17) is 4.74 Å². The van der Waals surface area contributed by atoms with Gasteiger partial charge in [-0.2, -0.15) is 0 Å². The molecule has 1 amide bonds. The number of ether oxygens (including phenoxy) is 1. The number of nitrogens with zero attached hydrogens (tertiary/aromatic N) is 1. The van der Waals surface area contributed by atoms with Crippen LogP contribution in [0.2, 0.25) is 0 Å². The lowest BCUT2D eigenvalue weighted by atomic mass is 10.2. The van der Waals surface area contributed by atoms with Crippen molar-refractivity contribution in [2.45, 2.75) is 18.6 Å². The molecule has 62 valence electrons. The van der Waals surface area contributed by atoms with Crippen molar-refractivity contribution in [1.82, 2.24) is 4.90 Å². The van der Waals surface area contributed by atoms with Crippen LogP contribution in [0.5, 0.6) is 0 Å². The highest BCUT2D eigenvalue weighted by Gasteiger charge is 2.40. The zero-order chi connectivity index (χ0) is 7.84. The molecule has 2 saturated heterocycles. The molecule has 0 aromatic carbocycles. The first-order valence-electron chi connectivity index (χ1n) is 3.78. The van der Waals surface area contributed by atoms with Gasteiger partial charge in [0, 0.05) is 6.54 Å². The van der Waals surface area contributed by atoms with E-state index in [1.807, 2.05) is 4.90 Å². The van der Waals surface area contributed by atoms with Crippen LogP contribution >= 0.6 is 15.9 Å². The largest absolute Gasteiger partial charge is 0.374 e. The zero-order valence-corrected chi connectivity index (χ0v) is 7.71. The Kier molecular flexibility index (Phi) is 1.89. The van der Waals surface area contributed by atoms with Crippen molar-refractivity contribution in [1.29, 1.82) is 0 Å². The van der Waals surface area contributed by atoms with Gasteiger partial charge in [-0.3, -0.25) is 4.79 Å². The number of carbonyl (C=O) groups excluding carboxylic acids is 1. The predicted octanol–water partition coefficient (Wildman–Crippen LogP) is 0.381. The van der Waals surface area contributed by atoms with Crippen LogP contribution in [0.4, 0.5) is 0 Å². The number of morpholine rings is 1. The van der Waals surface area contributed by atoms with E-state index in [0.29, 0.717) is 17.5 Å². The Morgan fingerprint density at radius 3 is 3.00 bits per heavy atom. The fourth-order valence-electron chi connectivity index (χ4n) is 1.78. The Bertz CT molecular complexity index is 185. The molecule has 0 aromatic rings. The van der Waals surface area contributed by atoms with Gasteiger partial charge < -0.3 is 9.64 Å². The van der Waals surface area contributed by atoms with E-state index in [1.54, 1.807) is 0 Å². The van der Waals surface area contributed by atoms with Gasteiger partial charge in [0.1, 0.15) is 0 Å². The smallest absolute Gasteiger partial charge is 0.233 e. The van der Waals surface area contributed by atoms with Crippen LogP contribution < -0.4 is 0 Å². The molecule has 0 aromatic heterocycles. The van der Waals surface area contributed by atoms with E-state index in [2.05, 4.69) is 15.9 Å². The highest BCUT2D eigenvalue weighted by Crippen LogP contribution is 2.27. The van der Waals surface area contributed by atoms with Crippen LogP contribution in [-0.2, 0) is 9.53 Å². The number of amides is 1. The molecule has 2 unspecified atom stereocenters. The normalized spacial score (nSPS) is 34.8. The summed E-state index contributed by atoms with van der Waals surface area (Å²) in [4.78, 5) is 13.1. The van der Waals surface area contributed by atoms with Crippen molar-refractivity contribution < 1.29 is 9.53 Å². The van der Waals surface area contributed by atoms with E-state index in [1.165, 1.54) is 0 Å². The Balaban J connectivity index is 2.02. The van der Waals surface area contributed by atoms with E-state index >= 15 is 0 Å². The highest BCUT2D eigenvalue weighted by atomic mass is 79.9. The second-order valence-corrected chi connectivity index (χ2v) is 3.59. The monoisotopic (exact) mass is 219 g/mol. The topological polar surface area (TPSA) is 29.5 Å². The van der Waals surface area contributed by atoms with Gasteiger partial charge in [0.05, 0.1) is 24.1 Å². The summed E-state index contributed by atoms with van der Waals surface area (Å²) in [5.74, 6) is 0.195. The zero-order valence-electron chi connectivity index (χ0n) is 6.12. The summed E-state index contributed by atoms with van der Waals surface area (Å²) >= 11 is 3.16. The van der Waals surface area contributed by atoms with Crippen LogP contribution in [-0.4, -0.2) is 41.4 Å². The molecule has 2 bridgehead atoms. The van der Waals surface area contributed by atoms with Crippen molar-refractivity contribution in [3.8, 4) is 0 Å². The molecule has 4 heteroatoms. The Hall–Kier alpha value is -0.0900. The fourth-order valence-corrected chi connectivity index (χ4v) is 2.10. The molecule has 0 N–H and O–H groups in total. The van der Waals surface area contributed by atoms with Gasteiger partial charge in [-0.05, 0) is 6.42 Å². The summed E-state index contributed by atoms with van der Waals surface area (Å²) < 4.78 is 5.37. The molecule has 2 aliphatic rings. The van der Waals surface area contributed by atoms with E-state index < -0.39 is 0 Å². The minimum absolute atomic E-state index is 0.195. The summed E-state index contributed by atoms with van der Waals surface area (Å²) in [6.45, 7) is 1.54. The van der Waals surface area contributed by atoms with Gasteiger partial charge in [-0.15, -0.1) is 0 Å². The second kappa shape index (κ2) is 2.75. The lowest BCUT2D eigenvalue weighted by molar-refractivity contribution is -0.132. The van der Waals surface area contributed by atoms with Crippen molar-refractivity contribution in [2.75, 3.05) is 18.5 Å². The van der Waals surface area contributed by atoms with Crippen molar-refractivity contribution in [3.05, 3.63) is 0 Å². The molecule has 2 atom stereocenters. The number of carbonyl (C=O) groups is 1. The first-order valence-corrected chi connectivity index (χ1v) is 4.90. The van der Waals surface area contributed by atoms with Crippen LogP contribution in [0, 0.1) is 0 Å². The number of halogens is 1. The molecule has 0 aliphatic carbocycles. The minimum atomic E-state index is 0.195. The van der Waals surface area contributed by atoms with Crippen LogP contribution in [0.3, 0.4) is 0 Å². The summed E-state index contributed by atoms with van der Waals surface area (Å²) in [5.41, 5.74) is 0. The van der Waals surface area contributed by atoms with Gasteiger partial charge in [-0.1, -0.05) is 15.9 Å². The number of fused-ring (bicyclic) bond motifs is 2. The standard InChI is InChI=1S/C7H10BrNO2/c8-2-7(10)9-3-6-1-5(9)4-11-6/h5-6H,1-4H2. The maximum absolute atomic E-state index is 11.2. The molecular formula is C7H10BrNO2. The molecule has 0 radical (unpaired) electrons. The highest BCUT2D eigenvalue weighted by molar-refractivity contribution is 9.09. The Morgan fingerprint density at radius 1 is 1.73 bits per heavy atom. The third-order valence-corrected chi connectivity index (χ3v) is 2.81. The number of hydrogen-bond acceptors (Lipinski definition) is 2. The van der Waals surface area contributed by atoms with Gasteiger partial charge in [0.25, 0.3) is 0 Å². The molecule has 0 spiro atoms. The van der Waals surface area contributed by atoms with Crippen LogP contribution in [0.15, 0.2) is 0 Å². The van der Waals surface area contributed by atoms with E-state index in [-0.39, 0.29) is 5.91 Å². The number of alkyl halides is 1. The van der Waals surface area contributed by atoms with Gasteiger partial charge in [0.15, 0.2) is 0 Å². The third-order valence-electron chi connectivity index (χ3n) is 2.34. The van der Waals surface area contributed by atoms with Crippen LogP contribution in [0.1, 0.15) is 6.42 Å². The predicted molar refractivity (Wildman–Crippen MR) is 43.7 cm³/mol. The summed E-state index contributed by atoms with van der Waals surface area (Å²) in [7, 11) is 0. The molecule has 11 heavy (non-hydrogen) atoms. The SMILES string of the molecule is O=C(CBr)N1CC2CC1CO2. The molecule has 2 fully saturated rings. The molecule has 2 rings (SSSR count). The molecule has 2 heterocycles. The summed E-state index contributed by atoms with van der Waals surface area (Å²) in [6.07, 6.45) is 1.36. The quantitative estimate of drug-likeness (QED) is 0.598. The second-order valence-electron chi connectivity index (χ2n) is 3.02. The fraction of sp³-hybridized carbons (Fsp3) is 0.857. The third kappa shape index (κ3) is 1.18. The number of likely N-dealkylation sites (tertiary alicyclic amines) is 1. The Morgan fingerprint density at radius 2 is 2.55 bits per heavy atom. The van der Waals surface area contributed by atoms with Crippen molar-refractivity contribution >= 4 is 21.8 Å². The Labute approximate surface area is 73.8 Å². The van der Waals surface area contributed by atoms with E-state index in [9.17, 15) is 4.79 Å².